The van der Waals surface area contributed by atoms with Crippen LogP contribution in [0.5, 0.6) is 11.5 Å². The van der Waals surface area contributed by atoms with Gasteiger partial charge in [0.25, 0.3) is 0 Å². The number of nitrogens with two attached hydrogens (primary N) is 1. The number of anilines is 3. The molecule has 1 aromatic carbocycles. The van der Waals surface area contributed by atoms with Crippen LogP contribution in [0.2, 0.25) is 0 Å². The monoisotopic (exact) mass is 347 g/mol. The molecule has 2 aromatic rings. The van der Waals surface area contributed by atoms with Crippen molar-refractivity contribution in [3.05, 3.63) is 30.1 Å². The fourth-order valence-corrected chi connectivity index (χ4v) is 2.31. The molecule has 0 spiro atoms. The Bertz CT molecular complexity index is 681. The Kier molecular flexibility index (Phi) is 7.09. The maximum atomic E-state index is 6.10. The Hall–Kier alpha value is -2.74. The fourth-order valence-electron chi connectivity index (χ4n) is 2.31. The highest BCUT2D eigenvalue weighted by Crippen LogP contribution is 2.28. The van der Waals surface area contributed by atoms with E-state index in [0.717, 1.165) is 12.0 Å². The topological polar surface area (TPSA) is 104 Å². The third-order valence-electron chi connectivity index (χ3n) is 3.64. The van der Waals surface area contributed by atoms with E-state index in [-0.39, 0.29) is 0 Å². The van der Waals surface area contributed by atoms with Crippen LogP contribution in [0.3, 0.4) is 0 Å². The summed E-state index contributed by atoms with van der Waals surface area (Å²) in [6, 6.07) is 5.86. The van der Waals surface area contributed by atoms with Gasteiger partial charge in [-0.1, -0.05) is 6.07 Å². The number of nitrogens with one attached hydrogen (secondary N) is 2. The second kappa shape index (κ2) is 9.53. The molecule has 0 atom stereocenters. The molecule has 0 aliphatic rings. The highest BCUT2D eigenvalue weighted by atomic mass is 16.5. The minimum absolute atomic E-state index is 0.492. The van der Waals surface area contributed by atoms with Crippen molar-refractivity contribution < 1.29 is 14.2 Å². The van der Waals surface area contributed by atoms with E-state index in [1.165, 1.54) is 6.33 Å². The van der Waals surface area contributed by atoms with Gasteiger partial charge in [0.2, 0.25) is 0 Å². The van der Waals surface area contributed by atoms with Gasteiger partial charge >= 0.3 is 0 Å². The van der Waals surface area contributed by atoms with Crippen LogP contribution in [0.1, 0.15) is 5.56 Å². The number of aromatic nitrogens is 2. The first-order chi connectivity index (χ1) is 12.2. The average Bonchev–Trinajstić information content (AvgIpc) is 2.64. The van der Waals surface area contributed by atoms with E-state index in [2.05, 4.69) is 20.6 Å². The number of nitrogen functional groups attached to an aromatic ring is 1. The standard InChI is InChI=1S/C17H25N5O3/c1-23-9-8-20-17-15(18)16(21-11-22-17)19-7-6-12-4-5-13(24-2)14(10-12)25-3/h4-5,10-11H,6-9,18H2,1-3H3,(H2,19,20,21,22). The number of methoxy groups -OCH3 is 3. The molecule has 25 heavy (non-hydrogen) atoms. The molecule has 0 aliphatic carbocycles. The van der Waals surface area contributed by atoms with E-state index in [4.69, 9.17) is 19.9 Å². The Labute approximate surface area is 147 Å². The molecule has 0 saturated carbocycles. The van der Waals surface area contributed by atoms with E-state index in [0.29, 0.717) is 48.5 Å². The number of hydrogen-bond acceptors (Lipinski definition) is 8. The third kappa shape index (κ3) is 5.12. The van der Waals surface area contributed by atoms with Crippen molar-refractivity contribution in [2.24, 2.45) is 0 Å². The number of hydrogen-bond donors (Lipinski definition) is 3. The minimum Gasteiger partial charge on any atom is -0.493 e. The molecule has 0 fully saturated rings. The summed E-state index contributed by atoms with van der Waals surface area (Å²) in [6.45, 7) is 1.88. The van der Waals surface area contributed by atoms with Gasteiger partial charge in [0, 0.05) is 20.2 Å². The van der Waals surface area contributed by atoms with Gasteiger partial charge in [0.05, 0.1) is 20.8 Å². The zero-order chi connectivity index (χ0) is 18.1. The van der Waals surface area contributed by atoms with Gasteiger partial charge in [-0.2, -0.15) is 0 Å². The highest BCUT2D eigenvalue weighted by molar-refractivity contribution is 5.73. The number of rotatable bonds is 10. The van der Waals surface area contributed by atoms with Gasteiger partial charge < -0.3 is 30.6 Å². The molecule has 8 nitrogen and oxygen atoms in total. The van der Waals surface area contributed by atoms with Crippen LogP contribution in [0.25, 0.3) is 0 Å². The summed E-state index contributed by atoms with van der Waals surface area (Å²) >= 11 is 0. The predicted molar refractivity (Wildman–Crippen MR) is 98.5 cm³/mol. The molecule has 1 heterocycles. The van der Waals surface area contributed by atoms with E-state index in [9.17, 15) is 0 Å². The molecule has 0 aliphatic heterocycles. The minimum atomic E-state index is 0.492. The lowest BCUT2D eigenvalue weighted by molar-refractivity contribution is 0.210. The first-order valence-electron chi connectivity index (χ1n) is 7.97. The second-order valence-electron chi connectivity index (χ2n) is 5.27. The highest BCUT2D eigenvalue weighted by Gasteiger charge is 2.08. The van der Waals surface area contributed by atoms with E-state index in [1.807, 2.05) is 18.2 Å². The quantitative estimate of drug-likeness (QED) is 0.559. The molecule has 0 bridgehead atoms. The molecule has 0 saturated heterocycles. The maximum absolute atomic E-state index is 6.10. The van der Waals surface area contributed by atoms with E-state index < -0.39 is 0 Å². The molecule has 136 valence electrons. The van der Waals surface area contributed by atoms with Crippen LogP contribution < -0.4 is 25.8 Å². The van der Waals surface area contributed by atoms with Gasteiger partial charge in [-0.25, -0.2) is 9.97 Å². The Balaban J connectivity index is 1.94. The van der Waals surface area contributed by atoms with Crippen LogP contribution in [0.15, 0.2) is 24.5 Å². The van der Waals surface area contributed by atoms with E-state index >= 15 is 0 Å². The molecule has 2 rings (SSSR count). The normalized spacial score (nSPS) is 10.4. The SMILES string of the molecule is COCCNc1ncnc(NCCc2ccc(OC)c(OC)c2)c1N. The van der Waals surface area contributed by atoms with Crippen LogP contribution in [0.4, 0.5) is 17.3 Å². The van der Waals surface area contributed by atoms with Crippen molar-refractivity contribution >= 4 is 17.3 Å². The van der Waals surface area contributed by atoms with Crippen molar-refractivity contribution in [1.82, 2.24) is 9.97 Å². The Morgan fingerprint density at radius 3 is 2.28 bits per heavy atom. The Morgan fingerprint density at radius 1 is 0.960 bits per heavy atom. The van der Waals surface area contributed by atoms with Gasteiger partial charge in [0.15, 0.2) is 23.1 Å². The molecular weight excluding hydrogens is 322 g/mol. The van der Waals surface area contributed by atoms with Gasteiger partial charge in [0.1, 0.15) is 12.0 Å². The number of nitrogens with zero attached hydrogens (tertiary/aromatic N) is 2. The maximum Gasteiger partial charge on any atom is 0.160 e. The number of benzene rings is 1. The van der Waals surface area contributed by atoms with Crippen molar-refractivity contribution in [1.29, 1.82) is 0 Å². The summed E-state index contributed by atoms with van der Waals surface area (Å²) < 4.78 is 15.6. The lowest BCUT2D eigenvalue weighted by Gasteiger charge is -2.13. The average molecular weight is 347 g/mol. The zero-order valence-corrected chi connectivity index (χ0v) is 14.8. The summed E-state index contributed by atoms with van der Waals surface area (Å²) in [5, 5.41) is 6.36. The summed E-state index contributed by atoms with van der Waals surface area (Å²) in [6.07, 6.45) is 2.26. The summed E-state index contributed by atoms with van der Waals surface area (Å²) in [5.41, 5.74) is 7.71. The fraction of sp³-hybridized carbons (Fsp3) is 0.412. The summed E-state index contributed by atoms with van der Waals surface area (Å²) in [4.78, 5) is 8.34. The van der Waals surface area contributed by atoms with Gasteiger partial charge in [-0.05, 0) is 24.1 Å². The predicted octanol–water partition coefficient (Wildman–Crippen LogP) is 1.79. The summed E-state index contributed by atoms with van der Waals surface area (Å²) in [7, 11) is 4.89. The number of ether oxygens (including phenoxy) is 3. The van der Waals surface area contributed by atoms with E-state index in [1.54, 1.807) is 21.3 Å². The first kappa shape index (κ1) is 18.6. The largest absolute Gasteiger partial charge is 0.493 e. The van der Waals surface area contributed by atoms with Crippen LogP contribution in [-0.4, -0.2) is 51.0 Å². The van der Waals surface area contributed by atoms with Crippen LogP contribution >= 0.6 is 0 Å². The molecule has 0 radical (unpaired) electrons. The van der Waals surface area contributed by atoms with Crippen molar-refractivity contribution in [3.63, 3.8) is 0 Å². The molecular formula is C17H25N5O3. The van der Waals surface area contributed by atoms with Crippen LogP contribution in [-0.2, 0) is 11.2 Å². The van der Waals surface area contributed by atoms with Gasteiger partial charge in [-0.15, -0.1) is 0 Å². The molecule has 8 heteroatoms. The second-order valence-corrected chi connectivity index (χ2v) is 5.27. The van der Waals surface area contributed by atoms with Crippen molar-refractivity contribution in [2.75, 3.05) is 57.4 Å². The summed E-state index contributed by atoms with van der Waals surface area (Å²) in [5.74, 6) is 2.63. The van der Waals surface area contributed by atoms with Gasteiger partial charge in [-0.3, -0.25) is 0 Å². The molecule has 1 aromatic heterocycles. The lowest BCUT2D eigenvalue weighted by atomic mass is 10.1. The molecule has 0 amide bonds. The smallest absolute Gasteiger partial charge is 0.160 e. The van der Waals surface area contributed by atoms with Crippen LogP contribution in [0, 0.1) is 0 Å². The zero-order valence-electron chi connectivity index (χ0n) is 14.8. The third-order valence-corrected chi connectivity index (χ3v) is 3.64. The Morgan fingerprint density at radius 2 is 1.64 bits per heavy atom. The molecule has 0 unspecified atom stereocenters. The first-order valence-corrected chi connectivity index (χ1v) is 7.97. The van der Waals surface area contributed by atoms with Crippen molar-refractivity contribution in [2.45, 2.75) is 6.42 Å². The molecule has 4 N–H and O–H groups in total. The van der Waals surface area contributed by atoms with Crippen molar-refractivity contribution in [3.8, 4) is 11.5 Å². The lowest BCUT2D eigenvalue weighted by Crippen LogP contribution is -2.14.